The molecular weight excluding hydrogens is 327 g/mol. The number of hydrogen-bond acceptors (Lipinski definition) is 3. The summed E-state index contributed by atoms with van der Waals surface area (Å²) in [5, 5.41) is 15.0. The number of aliphatic hydroxyl groups is 1. The summed E-state index contributed by atoms with van der Waals surface area (Å²) in [5.41, 5.74) is 0.714. The first-order valence-corrected chi connectivity index (χ1v) is 9.00. The average molecular weight is 348 g/mol. The fourth-order valence-corrected chi connectivity index (χ4v) is 4.03. The molecule has 1 fully saturated rings. The summed E-state index contributed by atoms with van der Waals surface area (Å²) in [6.45, 7) is 2.28. The zero-order valence-corrected chi connectivity index (χ0v) is 14.3. The van der Waals surface area contributed by atoms with Crippen molar-refractivity contribution in [3.8, 4) is 0 Å². The van der Waals surface area contributed by atoms with Crippen LogP contribution in [0.25, 0.3) is 0 Å². The van der Waals surface area contributed by atoms with Gasteiger partial charge in [-0.1, -0.05) is 25.1 Å². The molecule has 3 rings (SSSR count). The van der Waals surface area contributed by atoms with Crippen LogP contribution in [-0.2, 0) is 0 Å². The third-order valence-corrected chi connectivity index (χ3v) is 5.35. The van der Waals surface area contributed by atoms with Gasteiger partial charge in [0.05, 0.1) is 18.2 Å². The highest BCUT2D eigenvalue weighted by atomic mass is 32.1. The number of benzene rings is 1. The van der Waals surface area contributed by atoms with Crippen LogP contribution in [0.15, 0.2) is 41.8 Å². The first-order chi connectivity index (χ1) is 11.6. The average Bonchev–Trinajstić information content (AvgIpc) is 3.22. The summed E-state index contributed by atoms with van der Waals surface area (Å²) in [7, 11) is 0. The normalized spacial score (nSPS) is 21.7. The number of nitrogens with one attached hydrogen (secondary N) is 1. The molecule has 2 amide bonds. The Hall–Kier alpha value is -1.92. The quantitative estimate of drug-likeness (QED) is 0.882. The maximum atomic E-state index is 13.5. The van der Waals surface area contributed by atoms with Crippen molar-refractivity contribution in [1.82, 2.24) is 10.2 Å². The van der Waals surface area contributed by atoms with Crippen molar-refractivity contribution < 1.29 is 14.3 Å². The number of aliphatic hydroxyl groups excluding tert-OH is 1. The van der Waals surface area contributed by atoms with E-state index in [1.165, 1.54) is 12.1 Å². The molecule has 0 aliphatic carbocycles. The Kier molecular flexibility index (Phi) is 5.16. The Balaban J connectivity index is 1.77. The molecule has 1 aliphatic heterocycles. The number of rotatable bonds is 4. The number of thiophene rings is 1. The van der Waals surface area contributed by atoms with Gasteiger partial charge >= 0.3 is 6.03 Å². The predicted molar refractivity (Wildman–Crippen MR) is 92.4 cm³/mol. The molecule has 1 aliphatic rings. The fourth-order valence-electron chi connectivity index (χ4n) is 3.16. The fraction of sp³-hybridized carbons (Fsp3) is 0.389. The van der Waals surface area contributed by atoms with E-state index in [0.717, 1.165) is 11.3 Å². The standard InChI is InChI=1S/C18H21FN2O2S/c1-2-15(17-7-4-8-24-17)20-18(23)21-11-14(22)10-16(21)12-5-3-6-13(19)9-12/h3-9,14-16,22H,2,10-11H2,1H3,(H,20,23)/t14-,15+,16-/m1/s1. The molecule has 0 bridgehead atoms. The Morgan fingerprint density at radius 1 is 1.46 bits per heavy atom. The number of nitrogens with zero attached hydrogens (tertiary/aromatic N) is 1. The van der Waals surface area contributed by atoms with E-state index in [0.29, 0.717) is 12.0 Å². The number of hydrogen-bond donors (Lipinski definition) is 2. The van der Waals surface area contributed by atoms with Crippen molar-refractivity contribution in [3.63, 3.8) is 0 Å². The molecule has 0 spiro atoms. The number of halogens is 1. The van der Waals surface area contributed by atoms with Crippen molar-refractivity contribution in [2.45, 2.75) is 38.0 Å². The zero-order valence-electron chi connectivity index (χ0n) is 13.5. The van der Waals surface area contributed by atoms with Gasteiger partial charge in [-0.05, 0) is 42.0 Å². The lowest BCUT2D eigenvalue weighted by Gasteiger charge is -2.27. The molecule has 1 saturated heterocycles. The van der Waals surface area contributed by atoms with E-state index in [4.69, 9.17) is 0 Å². The molecule has 0 radical (unpaired) electrons. The molecule has 24 heavy (non-hydrogen) atoms. The van der Waals surface area contributed by atoms with Gasteiger partial charge in [0.2, 0.25) is 0 Å². The summed E-state index contributed by atoms with van der Waals surface area (Å²) in [4.78, 5) is 15.5. The molecule has 2 aromatic rings. The first kappa shape index (κ1) is 16.9. The van der Waals surface area contributed by atoms with Crippen molar-refractivity contribution in [2.24, 2.45) is 0 Å². The van der Waals surface area contributed by atoms with Crippen molar-refractivity contribution in [3.05, 3.63) is 58.0 Å². The van der Waals surface area contributed by atoms with Crippen LogP contribution in [-0.4, -0.2) is 28.7 Å². The van der Waals surface area contributed by atoms with Gasteiger partial charge in [-0.3, -0.25) is 0 Å². The molecule has 6 heteroatoms. The van der Waals surface area contributed by atoms with Gasteiger partial charge in [0.25, 0.3) is 0 Å². The summed E-state index contributed by atoms with van der Waals surface area (Å²) in [6.07, 6.45) is 0.616. The molecule has 3 atom stereocenters. The van der Waals surface area contributed by atoms with Crippen molar-refractivity contribution in [1.29, 1.82) is 0 Å². The molecule has 1 aromatic carbocycles. The van der Waals surface area contributed by atoms with Crippen LogP contribution in [0.4, 0.5) is 9.18 Å². The number of likely N-dealkylation sites (tertiary alicyclic amines) is 1. The van der Waals surface area contributed by atoms with Gasteiger partial charge in [-0.25, -0.2) is 9.18 Å². The lowest BCUT2D eigenvalue weighted by atomic mass is 10.0. The second-order valence-corrected chi connectivity index (χ2v) is 7.02. The van der Waals surface area contributed by atoms with E-state index in [1.54, 1.807) is 28.4 Å². The molecule has 2 heterocycles. The van der Waals surface area contributed by atoms with Crippen LogP contribution in [0.2, 0.25) is 0 Å². The predicted octanol–water partition coefficient (Wildman–Crippen LogP) is 3.86. The Bertz CT molecular complexity index is 692. The highest BCUT2D eigenvalue weighted by molar-refractivity contribution is 7.10. The van der Waals surface area contributed by atoms with Crippen LogP contribution < -0.4 is 5.32 Å². The molecule has 128 valence electrons. The zero-order chi connectivity index (χ0) is 17.1. The van der Waals surface area contributed by atoms with Gasteiger partial charge in [-0.2, -0.15) is 0 Å². The van der Waals surface area contributed by atoms with E-state index >= 15 is 0 Å². The van der Waals surface area contributed by atoms with Crippen molar-refractivity contribution in [2.75, 3.05) is 6.54 Å². The second-order valence-electron chi connectivity index (χ2n) is 6.04. The summed E-state index contributed by atoms with van der Waals surface area (Å²) in [6, 6.07) is 9.62. The van der Waals surface area contributed by atoms with E-state index in [2.05, 4.69) is 5.32 Å². The maximum absolute atomic E-state index is 13.5. The molecule has 0 unspecified atom stereocenters. The van der Waals surface area contributed by atoms with Gasteiger partial charge in [0, 0.05) is 11.4 Å². The highest BCUT2D eigenvalue weighted by Crippen LogP contribution is 2.33. The minimum absolute atomic E-state index is 0.0524. The Morgan fingerprint density at radius 2 is 2.29 bits per heavy atom. The highest BCUT2D eigenvalue weighted by Gasteiger charge is 2.36. The summed E-state index contributed by atoms with van der Waals surface area (Å²) in [5.74, 6) is -0.334. The van der Waals surface area contributed by atoms with Crippen LogP contribution in [0.3, 0.4) is 0 Å². The SMILES string of the molecule is CC[C@H](NC(=O)N1C[C@H](O)C[C@@H]1c1cccc(F)c1)c1cccs1. The first-order valence-electron chi connectivity index (χ1n) is 8.12. The Morgan fingerprint density at radius 3 is 2.96 bits per heavy atom. The molecule has 4 nitrogen and oxygen atoms in total. The topological polar surface area (TPSA) is 52.6 Å². The van der Waals surface area contributed by atoms with E-state index in [1.807, 2.05) is 24.4 Å². The lowest BCUT2D eigenvalue weighted by molar-refractivity contribution is 0.167. The third-order valence-electron chi connectivity index (χ3n) is 4.37. The molecular formula is C18H21FN2O2S. The minimum atomic E-state index is -0.592. The molecule has 2 N–H and O–H groups in total. The van der Waals surface area contributed by atoms with Crippen LogP contribution in [0, 0.1) is 5.82 Å². The summed E-state index contributed by atoms with van der Waals surface area (Å²) < 4.78 is 13.5. The van der Waals surface area contributed by atoms with Gasteiger partial charge in [0.1, 0.15) is 5.82 Å². The summed E-state index contributed by atoms with van der Waals surface area (Å²) >= 11 is 1.61. The smallest absolute Gasteiger partial charge is 0.318 e. The molecule has 0 saturated carbocycles. The number of carbonyl (C=O) groups excluding carboxylic acids is 1. The Labute approximate surface area is 144 Å². The number of β-amino-alcohol motifs (C(OH)–C–C–N with tert-alkyl or cyclic N) is 1. The van der Waals surface area contributed by atoms with E-state index in [9.17, 15) is 14.3 Å². The third kappa shape index (κ3) is 3.60. The van der Waals surface area contributed by atoms with E-state index in [-0.39, 0.29) is 30.5 Å². The van der Waals surface area contributed by atoms with E-state index < -0.39 is 6.10 Å². The maximum Gasteiger partial charge on any atom is 0.318 e. The van der Waals surface area contributed by atoms with Gasteiger partial charge < -0.3 is 15.3 Å². The monoisotopic (exact) mass is 348 g/mol. The molecule has 1 aromatic heterocycles. The van der Waals surface area contributed by atoms with Crippen LogP contribution in [0.5, 0.6) is 0 Å². The van der Waals surface area contributed by atoms with Crippen molar-refractivity contribution >= 4 is 17.4 Å². The second kappa shape index (κ2) is 7.32. The number of amides is 2. The lowest BCUT2D eigenvalue weighted by Crippen LogP contribution is -2.41. The van der Waals surface area contributed by atoms with Crippen LogP contribution in [0.1, 0.15) is 42.3 Å². The van der Waals surface area contributed by atoms with Crippen LogP contribution >= 0.6 is 11.3 Å². The van der Waals surface area contributed by atoms with Gasteiger partial charge in [-0.15, -0.1) is 11.3 Å². The number of urea groups is 1. The van der Waals surface area contributed by atoms with Gasteiger partial charge in [0.15, 0.2) is 0 Å². The minimum Gasteiger partial charge on any atom is -0.391 e. The number of carbonyl (C=O) groups is 1. The largest absolute Gasteiger partial charge is 0.391 e.